The Kier molecular flexibility index (Phi) is 5.43. The Bertz CT molecular complexity index is 881. The van der Waals surface area contributed by atoms with Gasteiger partial charge in [0.15, 0.2) is 0 Å². The molecule has 0 unspecified atom stereocenters. The Morgan fingerprint density at radius 1 is 1.07 bits per heavy atom. The Morgan fingerprint density at radius 2 is 1.93 bits per heavy atom. The number of piperidine rings is 1. The van der Waals surface area contributed by atoms with E-state index in [0.29, 0.717) is 36.6 Å². The zero-order chi connectivity index (χ0) is 19.5. The van der Waals surface area contributed by atoms with E-state index in [2.05, 4.69) is 5.32 Å². The summed E-state index contributed by atoms with van der Waals surface area (Å²) >= 11 is 1.42. The van der Waals surface area contributed by atoms with Gasteiger partial charge in [-0.1, -0.05) is 18.2 Å². The van der Waals surface area contributed by atoms with Gasteiger partial charge in [0, 0.05) is 26.1 Å². The number of carbonyl (C=O) groups is 3. The van der Waals surface area contributed by atoms with Crippen molar-refractivity contribution in [2.75, 3.05) is 29.9 Å². The lowest BCUT2D eigenvalue weighted by molar-refractivity contribution is -0.121. The molecule has 1 atom stereocenters. The van der Waals surface area contributed by atoms with E-state index in [1.54, 1.807) is 9.80 Å². The van der Waals surface area contributed by atoms with Gasteiger partial charge in [-0.15, -0.1) is 11.3 Å². The van der Waals surface area contributed by atoms with E-state index in [1.165, 1.54) is 11.3 Å². The molecule has 2 aliphatic heterocycles. The van der Waals surface area contributed by atoms with E-state index >= 15 is 0 Å². The lowest BCUT2D eigenvalue weighted by Crippen LogP contribution is -2.43. The molecule has 4 rings (SSSR count). The van der Waals surface area contributed by atoms with Gasteiger partial charge >= 0.3 is 0 Å². The summed E-state index contributed by atoms with van der Waals surface area (Å²) in [6, 6.07) is 11.1. The van der Waals surface area contributed by atoms with E-state index in [-0.39, 0.29) is 23.6 Å². The number of benzene rings is 1. The van der Waals surface area contributed by atoms with Gasteiger partial charge in [0.05, 0.1) is 22.2 Å². The molecule has 7 heteroatoms. The van der Waals surface area contributed by atoms with Gasteiger partial charge in [-0.05, 0) is 42.8 Å². The third-order valence-electron chi connectivity index (χ3n) is 5.34. The van der Waals surface area contributed by atoms with E-state index < -0.39 is 0 Å². The number of likely N-dealkylation sites (tertiary alicyclic amines) is 1. The third-order valence-corrected chi connectivity index (χ3v) is 6.20. The van der Waals surface area contributed by atoms with Crippen LogP contribution in [0.25, 0.3) is 0 Å². The van der Waals surface area contributed by atoms with E-state index in [9.17, 15) is 14.4 Å². The Hall–Kier alpha value is -2.67. The second-order valence-corrected chi connectivity index (χ2v) is 8.17. The van der Waals surface area contributed by atoms with Crippen LogP contribution in [0.1, 0.15) is 35.4 Å². The number of anilines is 2. The number of hydrogen-bond acceptors (Lipinski definition) is 4. The van der Waals surface area contributed by atoms with E-state index in [1.807, 2.05) is 41.8 Å². The Labute approximate surface area is 168 Å². The van der Waals surface area contributed by atoms with Crippen LogP contribution >= 0.6 is 11.3 Å². The molecule has 0 spiro atoms. The molecule has 146 valence electrons. The number of thiophene rings is 1. The zero-order valence-corrected chi connectivity index (χ0v) is 16.4. The van der Waals surface area contributed by atoms with E-state index in [4.69, 9.17) is 0 Å². The average Bonchev–Trinajstić information content (AvgIpc) is 3.40. The predicted octanol–water partition coefficient (Wildman–Crippen LogP) is 3.37. The molecule has 0 saturated carbocycles. The smallest absolute Gasteiger partial charge is 0.263 e. The molecule has 2 aliphatic rings. The summed E-state index contributed by atoms with van der Waals surface area (Å²) in [6.07, 6.45) is 2.94. The number of carbonyl (C=O) groups excluding carboxylic acids is 3. The van der Waals surface area contributed by atoms with Crippen molar-refractivity contribution in [1.29, 1.82) is 0 Å². The van der Waals surface area contributed by atoms with Crippen LogP contribution in [0, 0.1) is 5.92 Å². The summed E-state index contributed by atoms with van der Waals surface area (Å²) < 4.78 is 0. The summed E-state index contributed by atoms with van der Waals surface area (Å²) in [5.74, 6) is -0.259. The predicted molar refractivity (Wildman–Crippen MR) is 110 cm³/mol. The first kappa shape index (κ1) is 18.7. The van der Waals surface area contributed by atoms with Gasteiger partial charge in [0.2, 0.25) is 11.8 Å². The van der Waals surface area contributed by atoms with Crippen LogP contribution in [-0.2, 0) is 9.59 Å². The number of nitrogens with zero attached hydrogens (tertiary/aromatic N) is 2. The molecule has 0 radical (unpaired) electrons. The van der Waals surface area contributed by atoms with Gasteiger partial charge in [0.1, 0.15) is 0 Å². The van der Waals surface area contributed by atoms with Crippen molar-refractivity contribution in [1.82, 2.24) is 4.90 Å². The number of amides is 3. The Balaban J connectivity index is 1.45. The molecular formula is C21H23N3O3S. The second-order valence-electron chi connectivity index (χ2n) is 7.22. The zero-order valence-electron chi connectivity index (χ0n) is 15.6. The van der Waals surface area contributed by atoms with Crippen molar-refractivity contribution in [3.63, 3.8) is 0 Å². The molecular weight excluding hydrogens is 374 g/mol. The first-order chi connectivity index (χ1) is 13.6. The summed E-state index contributed by atoms with van der Waals surface area (Å²) in [5.41, 5.74) is 1.41. The lowest BCUT2D eigenvalue weighted by Gasteiger charge is -2.32. The third kappa shape index (κ3) is 3.80. The van der Waals surface area contributed by atoms with Crippen molar-refractivity contribution in [2.45, 2.75) is 25.7 Å². The first-order valence-corrected chi connectivity index (χ1v) is 10.5. The van der Waals surface area contributed by atoms with Gasteiger partial charge in [-0.25, -0.2) is 0 Å². The maximum absolute atomic E-state index is 12.9. The highest BCUT2D eigenvalue weighted by Crippen LogP contribution is 2.30. The van der Waals surface area contributed by atoms with Crippen LogP contribution in [-0.4, -0.2) is 42.3 Å². The molecule has 3 heterocycles. The largest absolute Gasteiger partial charge is 0.337 e. The van der Waals surface area contributed by atoms with Gasteiger partial charge in [0.25, 0.3) is 5.91 Å². The van der Waals surface area contributed by atoms with Crippen molar-refractivity contribution in [3.8, 4) is 0 Å². The minimum absolute atomic E-state index is 0.00411. The number of hydrogen-bond donors (Lipinski definition) is 1. The minimum Gasteiger partial charge on any atom is -0.337 e. The van der Waals surface area contributed by atoms with Gasteiger partial charge in [-0.3, -0.25) is 14.4 Å². The van der Waals surface area contributed by atoms with Crippen molar-refractivity contribution < 1.29 is 14.4 Å². The van der Waals surface area contributed by atoms with Crippen LogP contribution < -0.4 is 10.2 Å². The molecule has 6 nitrogen and oxygen atoms in total. The standard InChI is InChI=1S/C21H23N3O3S/c25-19-10-4-12-24(19)17-8-2-1-7-16(17)22-20(26)15-6-3-11-23(14-15)21(27)18-9-5-13-28-18/h1-2,5,7-9,13,15H,3-4,6,10-12,14H2,(H,22,26)/t15-/m0/s1. The summed E-state index contributed by atoms with van der Waals surface area (Å²) in [5, 5.41) is 4.89. The normalized spacial score (nSPS) is 19.7. The number of rotatable bonds is 4. The van der Waals surface area contributed by atoms with Crippen molar-refractivity contribution in [3.05, 3.63) is 46.7 Å². The molecule has 28 heavy (non-hydrogen) atoms. The van der Waals surface area contributed by atoms with Gasteiger partial charge in [-0.2, -0.15) is 0 Å². The summed E-state index contributed by atoms with van der Waals surface area (Å²) in [6.45, 7) is 1.78. The molecule has 2 fully saturated rings. The average molecular weight is 398 g/mol. The topological polar surface area (TPSA) is 69.7 Å². The summed E-state index contributed by atoms with van der Waals surface area (Å²) in [4.78, 5) is 41.9. The molecule has 0 aliphatic carbocycles. The summed E-state index contributed by atoms with van der Waals surface area (Å²) in [7, 11) is 0. The fourth-order valence-electron chi connectivity index (χ4n) is 3.88. The first-order valence-electron chi connectivity index (χ1n) is 9.66. The van der Waals surface area contributed by atoms with Crippen LogP contribution in [0.5, 0.6) is 0 Å². The van der Waals surface area contributed by atoms with Crippen molar-refractivity contribution in [2.24, 2.45) is 5.92 Å². The number of para-hydroxylation sites is 2. The molecule has 1 N–H and O–H groups in total. The molecule has 2 aromatic rings. The minimum atomic E-state index is -0.250. The quantitative estimate of drug-likeness (QED) is 0.860. The van der Waals surface area contributed by atoms with Crippen molar-refractivity contribution >= 4 is 40.4 Å². The van der Waals surface area contributed by atoms with Crippen LogP contribution in [0.15, 0.2) is 41.8 Å². The SMILES string of the molecule is O=C(Nc1ccccc1N1CCCC1=O)[C@H]1CCCN(C(=O)c2cccs2)C1. The highest BCUT2D eigenvalue weighted by atomic mass is 32.1. The van der Waals surface area contributed by atoms with Crippen LogP contribution in [0.3, 0.4) is 0 Å². The molecule has 1 aromatic carbocycles. The highest BCUT2D eigenvalue weighted by molar-refractivity contribution is 7.12. The fraction of sp³-hybridized carbons (Fsp3) is 0.381. The van der Waals surface area contributed by atoms with Crippen LogP contribution in [0.2, 0.25) is 0 Å². The molecule has 1 aromatic heterocycles. The monoisotopic (exact) mass is 397 g/mol. The molecule has 0 bridgehead atoms. The molecule has 2 saturated heterocycles. The fourth-order valence-corrected chi connectivity index (χ4v) is 4.57. The lowest BCUT2D eigenvalue weighted by atomic mass is 9.96. The Morgan fingerprint density at radius 3 is 2.68 bits per heavy atom. The highest BCUT2D eigenvalue weighted by Gasteiger charge is 2.30. The molecule has 3 amide bonds. The second kappa shape index (κ2) is 8.14. The van der Waals surface area contributed by atoms with Crippen LogP contribution in [0.4, 0.5) is 11.4 Å². The van der Waals surface area contributed by atoms with E-state index in [0.717, 1.165) is 24.9 Å². The van der Waals surface area contributed by atoms with Gasteiger partial charge < -0.3 is 15.1 Å². The maximum atomic E-state index is 12.9. The maximum Gasteiger partial charge on any atom is 0.263 e. The number of nitrogens with one attached hydrogen (secondary N) is 1.